The van der Waals surface area contributed by atoms with Crippen molar-refractivity contribution >= 4 is 29.5 Å². The molecule has 3 aliphatic rings. The van der Waals surface area contributed by atoms with Crippen molar-refractivity contribution in [1.82, 2.24) is 10.2 Å². The number of allylic oxidation sites excluding steroid dienone is 4. The Labute approximate surface area is 192 Å². The number of carbonyl (C=O) groups excluding carboxylic acids is 2. The molecule has 2 aliphatic heterocycles. The highest BCUT2D eigenvalue weighted by molar-refractivity contribution is 6.31. The quantitative estimate of drug-likeness (QED) is 0.590. The molecule has 2 heterocycles. The second kappa shape index (κ2) is 8.66. The molecule has 0 spiro atoms. The van der Waals surface area contributed by atoms with E-state index >= 15 is 0 Å². The molecule has 11 heteroatoms. The second-order valence-electron chi connectivity index (χ2n) is 8.17. The van der Waals surface area contributed by atoms with Crippen LogP contribution in [0.25, 0.3) is 0 Å². The van der Waals surface area contributed by atoms with E-state index in [1.807, 2.05) is 12.2 Å². The normalized spacial score (nSPS) is 25.8. The Kier molecular flexibility index (Phi) is 6.04. The molecule has 1 aromatic rings. The standard InChI is InChI=1S/C22H21ClF2N2O6/c1-11(13-6-8-16-17(10-13)33-22(24,25)32-16)26-21(31)27-18(20(29)30)15(19(27)28)7-5-12-3-2-4-14(23)9-12/h2,4,6,8-12,15,18H,3,5,7H2,1H3,(H,26,31)(H,29,30). The van der Waals surface area contributed by atoms with Crippen LogP contribution in [0.1, 0.15) is 37.8 Å². The molecule has 4 rings (SSSR count). The molecule has 1 fully saturated rings. The maximum absolute atomic E-state index is 13.2. The number of aliphatic carboxylic acids is 1. The summed E-state index contributed by atoms with van der Waals surface area (Å²) in [4.78, 5) is 37.8. The zero-order chi connectivity index (χ0) is 23.9. The van der Waals surface area contributed by atoms with Crippen LogP contribution < -0.4 is 14.8 Å². The van der Waals surface area contributed by atoms with Crippen LogP contribution in [-0.2, 0) is 9.59 Å². The number of urea groups is 1. The predicted octanol–water partition coefficient (Wildman–Crippen LogP) is 4.17. The lowest BCUT2D eigenvalue weighted by Gasteiger charge is -2.43. The van der Waals surface area contributed by atoms with Crippen LogP contribution >= 0.6 is 11.6 Å². The Morgan fingerprint density at radius 1 is 1.30 bits per heavy atom. The molecular formula is C22H21ClF2N2O6. The first-order valence-electron chi connectivity index (χ1n) is 10.4. The zero-order valence-electron chi connectivity index (χ0n) is 17.5. The van der Waals surface area contributed by atoms with Gasteiger partial charge in [0.05, 0.1) is 12.0 Å². The Morgan fingerprint density at radius 3 is 2.73 bits per heavy atom. The third-order valence-corrected chi connectivity index (χ3v) is 6.16. The van der Waals surface area contributed by atoms with Crippen molar-refractivity contribution in [1.29, 1.82) is 0 Å². The lowest BCUT2D eigenvalue weighted by Crippen LogP contribution is -2.68. The zero-order valence-corrected chi connectivity index (χ0v) is 18.2. The van der Waals surface area contributed by atoms with E-state index in [1.54, 1.807) is 13.0 Å². The SMILES string of the molecule is CC(NC(=O)N1C(=O)C(CCC2C=C(Cl)C=CC2)C1C(=O)O)c1ccc2c(c1)OC(F)(F)O2. The summed E-state index contributed by atoms with van der Waals surface area (Å²) in [6.07, 6.45) is 3.43. The van der Waals surface area contributed by atoms with Gasteiger partial charge in [-0.1, -0.05) is 29.8 Å². The number of likely N-dealkylation sites (tertiary alicyclic amines) is 1. The molecular weight excluding hydrogens is 462 g/mol. The number of fused-ring (bicyclic) bond motifs is 1. The topological polar surface area (TPSA) is 105 Å². The predicted molar refractivity (Wildman–Crippen MR) is 112 cm³/mol. The number of halogens is 3. The number of carboxylic acid groups (broad SMARTS) is 1. The number of hydrogen-bond acceptors (Lipinski definition) is 5. The number of alkyl halides is 2. The fraction of sp³-hybridized carbons (Fsp3) is 0.409. The molecule has 0 saturated carbocycles. The summed E-state index contributed by atoms with van der Waals surface area (Å²) in [6.45, 7) is 1.57. The van der Waals surface area contributed by atoms with Crippen LogP contribution in [0.3, 0.4) is 0 Å². The Morgan fingerprint density at radius 2 is 2.03 bits per heavy atom. The van der Waals surface area contributed by atoms with Gasteiger partial charge in [0.2, 0.25) is 5.91 Å². The molecule has 1 aromatic carbocycles. The summed E-state index contributed by atoms with van der Waals surface area (Å²) in [6, 6.07) is 1.15. The number of nitrogens with one attached hydrogen (secondary N) is 1. The van der Waals surface area contributed by atoms with Gasteiger partial charge in [-0.05, 0) is 55.9 Å². The monoisotopic (exact) mass is 482 g/mol. The molecule has 0 radical (unpaired) electrons. The summed E-state index contributed by atoms with van der Waals surface area (Å²) in [5.41, 5.74) is 0.411. The molecule has 1 saturated heterocycles. The van der Waals surface area contributed by atoms with Gasteiger partial charge in [-0.25, -0.2) is 14.5 Å². The molecule has 8 nitrogen and oxygen atoms in total. The average molecular weight is 483 g/mol. The molecule has 0 bridgehead atoms. The van der Waals surface area contributed by atoms with Crippen LogP contribution in [-0.4, -0.2) is 40.3 Å². The number of carbonyl (C=O) groups is 3. The van der Waals surface area contributed by atoms with Crippen molar-refractivity contribution in [3.05, 3.63) is 47.0 Å². The molecule has 33 heavy (non-hydrogen) atoms. The van der Waals surface area contributed by atoms with E-state index in [4.69, 9.17) is 11.6 Å². The number of ether oxygens (including phenoxy) is 2. The van der Waals surface area contributed by atoms with Crippen molar-refractivity contribution in [3.8, 4) is 11.5 Å². The molecule has 0 aromatic heterocycles. The third-order valence-electron chi connectivity index (χ3n) is 5.91. The van der Waals surface area contributed by atoms with Gasteiger partial charge in [-0.3, -0.25) is 4.79 Å². The second-order valence-corrected chi connectivity index (χ2v) is 8.61. The first kappa shape index (κ1) is 23.0. The maximum atomic E-state index is 13.2. The Bertz CT molecular complexity index is 1060. The number of amides is 3. The van der Waals surface area contributed by atoms with E-state index in [1.165, 1.54) is 18.2 Å². The van der Waals surface area contributed by atoms with E-state index in [2.05, 4.69) is 14.8 Å². The van der Waals surface area contributed by atoms with E-state index in [-0.39, 0.29) is 17.4 Å². The van der Waals surface area contributed by atoms with Gasteiger partial charge >= 0.3 is 18.3 Å². The first-order valence-corrected chi connectivity index (χ1v) is 10.7. The van der Waals surface area contributed by atoms with Gasteiger partial charge in [0, 0.05) is 5.03 Å². The fourth-order valence-electron chi connectivity index (χ4n) is 4.21. The minimum atomic E-state index is -3.77. The number of carboxylic acids is 1. The van der Waals surface area contributed by atoms with Crippen LogP contribution in [0.4, 0.5) is 13.6 Å². The van der Waals surface area contributed by atoms with Crippen molar-refractivity contribution in [2.75, 3.05) is 0 Å². The highest BCUT2D eigenvalue weighted by Gasteiger charge is 2.54. The minimum absolute atomic E-state index is 0.103. The van der Waals surface area contributed by atoms with Crippen LogP contribution in [0, 0.1) is 11.8 Å². The number of rotatable bonds is 6. The van der Waals surface area contributed by atoms with Crippen molar-refractivity contribution < 1.29 is 37.7 Å². The van der Waals surface area contributed by atoms with Crippen molar-refractivity contribution in [2.24, 2.45) is 11.8 Å². The average Bonchev–Trinajstić information content (AvgIpc) is 3.04. The molecule has 4 atom stereocenters. The van der Waals surface area contributed by atoms with Crippen molar-refractivity contribution in [2.45, 2.75) is 44.6 Å². The summed E-state index contributed by atoms with van der Waals surface area (Å²) >= 11 is 5.99. The summed E-state index contributed by atoms with van der Waals surface area (Å²) in [7, 11) is 0. The number of β-lactam (4-membered cyclic amide) rings is 1. The van der Waals surface area contributed by atoms with Gasteiger partial charge in [0.1, 0.15) is 0 Å². The van der Waals surface area contributed by atoms with Crippen LogP contribution in [0.5, 0.6) is 11.5 Å². The van der Waals surface area contributed by atoms with Crippen molar-refractivity contribution in [3.63, 3.8) is 0 Å². The smallest absolute Gasteiger partial charge is 0.480 e. The van der Waals surface area contributed by atoms with E-state index in [9.17, 15) is 28.3 Å². The molecule has 2 N–H and O–H groups in total. The first-order chi connectivity index (χ1) is 15.6. The van der Waals surface area contributed by atoms with Gasteiger partial charge in [-0.2, -0.15) is 0 Å². The number of nitrogens with zero attached hydrogens (tertiary/aromatic N) is 1. The summed E-state index contributed by atoms with van der Waals surface area (Å²) in [5, 5.41) is 12.7. The van der Waals surface area contributed by atoms with Gasteiger partial charge in [-0.15, -0.1) is 8.78 Å². The molecule has 4 unspecified atom stereocenters. The molecule has 3 amide bonds. The fourth-order valence-corrected chi connectivity index (χ4v) is 4.48. The number of benzene rings is 1. The Balaban J connectivity index is 1.38. The molecule has 176 valence electrons. The van der Waals surface area contributed by atoms with E-state index in [0.29, 0.717) is 28.3 Å². The highest BCUT2D eigenvalue weighted by atomic mass is 35.5. The van der Waals surface area contributed by atoms with E-state index < -0.39 is 42.2 Å². The largest absolute Gasteiger partial charge is 0.586 e. The Hall–Kier alpha value is -3.14. The summed E-state index contributed by atoms with van der Waals surface area (Å²) < 4.78 is 35.2. The van der Waals surface area contributed by atoms with Gasteiger partial charge in [0.25, 0.3) is 0 Å². The van der Waals surface area contributed by atoms with Gasteiger partial charge in [0.15, 0.2) is 17.5 Å². The third kappa shape index (κ3) is 4.66. The summed E-state index contributed by atoms with van der Waals surface area (Å²) in [5.74, 6) is -2.88. The minimum Gasteiger partial charge on any atom is -0.480 e. The maximum Gasteiger partial charge on any atom is 0.586 e. The number of hydrogen-bond donors (Lipinski definition) is 2. The lowest BCUT2D eigenvalue weighted by atomic mass is 9.81. The van der Waals surface area contributed by atoms with Crippen LogP contribution in [0.2, 0.25) is 0 Å². The highest BCUT2D eigenvalue weighted by Crippen LogP contribution is 2.42. The van der Waals surface area contributed by atoms with E-state index in [0.717, 1.165) is 6.42 Å². The lowest BCUT2D eigenvalue weighted by molar-refractivity contribution is -0.286. The van der Waals surface area contributed by atoms with Gasteiger partial charge < -0.3 is 19.9 Å². The number of imide groups is 1. The van der Waals surface area contributed by atoms with Crippen LogP contribution in [0.15, 0.2) is 41.5 Å². The molecule has 1 aliphatic carbocycles.